The summed E-state index contributed by atoms with van der Waals surface area (Å²) in [6.45, 7) is 0. The molecule has 0 N–H and O–H groups in total. The zero-order valence-corrected chi connectivity index (χ0v) is 11.4. The van der Waals surface area contributed by atoms with E-state index in [9.17, 15) is 13.2 Å². The van der Waals surface area contributed by atoms with Crippen LogP contribution in [0.1, 0.15) is 44.9 Å². The van der Waals surface area contributed by atoms with E-state index in [-0.39, 0.29) is 5.78 Å². The summed E-state index contributed by atoms with van der Waals surface area (Å²) in [5.74, 6) is -0.231. The van der Waals surface area contributed by atoms with Gasteiger partial charge in [0.25, 0.3) is 0 Å². The number of hydrogen-bond donors (Lipinski definition) is 0. The fourth-order valence-electron chi connectivity index (χ4n) is 1.85. The van der Waals surface area contributed by atoms with Gasteiger partial charge in [-0.25, -0.2) is 0 Å². The number of nitrogens with zero attached hydrogens (tertiary/aromatic N) is 1. The number of carbonyl (C=O) groups is 1. The van der Waals surface area contributed by atoms with Crippen LogP contribution in [0.4, 0.5) is 0 Å². The molecule has 6 heteroatoms. The first kappa shape index (κ1) is 14.9. The van der Waals surface area contributed by atoms with Crippen LogP contribution in [0, 0.1) is 0 Å². The standard InChI is InChI=1S/C12H19NO4S/c1-18(15,16)17-13-10-12(14)9-11-7-5-3-2-4-6-8-11/h7,10H,2-6,8-9H2,1H3. The second-order valence-corrected chi connectivity index (χ2v) is 6.03. The summed E-state index contributed by atoms with van der Waals surface area (Å²) in [7, 11) is -3.63. The summed E-state index contributed by atoms with van der Waals surface area (Å²) in [4.78, 5) is 11.5. The fourth-order valence-corrected chi connectivity index (χ4v) is 2.05. The van der Waals surface area contributed by atoms with Crippen LogP contribution < -0.4 is 0 Å². The van der Waals surface area contributed by atoms with Crippen molar-refractivity contribution in [2.45, 2.75) is 44.9 Å². The second kappa shape index (κ2) is 7.31. The Bertz CT molecular complexity index is 437. The Morgan fingerprint density at radius 1 is 1.39 bits per heavy atom. The van der Waals surface area contributed by atoms with E-state index >= 15 is 0 Å². The van der Waals surface area contributed by atoms with E-state index in [2.05, 4.69) is 15.5 Å². The van der Waals surface area contributed by atoms with Crippen LogP contribution in [0.2, 0.25) is 0 Å². The molecule has 0 saturated heterocycles. The van der Waals surface area contributed by atoms with Crippen molar-refractivity contribution in [3.05, 3.63) is 11.6 Å². The zero-order valence-electron chi connectivity index (χ0n) is 10.6. The molecule has 0 aromatic heterocycles. The molecule has 0 saturated carbocycles. The molecule has 0 aromatic carbocycles. The number of rotatable bonds is 5. The lowest BCUT2D eigenvalue weighted by atomic mass is 9.97. The van der Waals surface area contributed by atoms with Crippen LogP contribution in [-0.4, -0.2) is 26.7 Å². The molecule has 5 nitrogen and oxygen atoms in total. The molecular formula is C12H19NO4S. The van der Waals surface area contributed by atoms with Crippen molar-refractivity contribution in [3.8, 4) is 0 Å². The molecule has 0 unspecified atom stereocenters. The van der Waals surface area contributed by atoms with E-state index < -0.39 is 10.1 Å². The van der Waals surface area contributed by atoms with Gasteiger partial charge in [0.1, 0.15) is 6.21 Å². The van der Waals surface area contributed by atoms with Gasteiger partial charge in [-0.05, 0) is 25.7 Å². The smallest absolute Gasteiger partial charge is 0.293 e. The summed E-state index contributed by atoms with van der Waals surface area (Å²) < 4.78 is 25.4. The van der Waals surface area contributed by atoms with Gasteiger partial charge in [-0.3, -0.25) is 9.08 Å². The summed E-state index contributed by atoms with van der Waals surface area (Å²) in [6, 6.07) is 0. The Labute approximate surface area is 108 Å². The van der Waals surface area contributed by atoms with Crippen molar-refractivity contribution < 1.29 is 17.5 Å². The van der Waals surface area contributed by atoms with Crippen molar-refractivity contribution in [2.24, 2.45) is 5.16 Å². The van der Waals surface area contributed by atoms with Gasteiger partial charge in [0, 0.05) is 6.42 Å². The van der Waals surface area contributed by atoms with Crippen LogP contribution in [-0.2, 0) is 19.2 Å². The molecule has 1 aliphatic carbocycles. The van der Waals surface area contributed by atoms with Gasteiger partial charge in [-0.2, -0.15) is 8.42 Å². The molecule has 0 heterocycles. The SMILES string of the molecule is CS(=O)(=O)ON=CC(=O)CC1=CCCCCCC1. The summed E-state index contributed by atoms with van der Waals surface area (Å²) in [5.41, 5.74) is 1.12. The van der Waals surface area contributed by atoms with E-state index in [0.717, 1.165) is 37.3 Å². The average Bonchev–Trinajstić information content (AvgIpc) is 2.20. The van der Waals surface area contributed by atoms with E-state index in [1.54, 1.807) is 0 Å². The topological polar surface area (TPSA) is 72.8 Å². The number of Topliss-reactive ketones (excluding diaryl/α,β-unsaturated/α-hetero) is 1. The molecule has 0 amide bonds. The second-order valence-electron chi connectivity index (χ2n) is 4.47. The molecule has 1 rings (SSSR count). The van der Waals surface area contributed by atoms with Gasteiger partial charge in [-0.1, -0.05) is 29.6 Å². The minimum absolute atomic E-state index is 0.231. The lowest BCUT2D eigenvalue weighted by molar-refractivity contribution is -0.112. The lowest BCUT2D eigenvalue weighted by Gasteiger charge is -2.09. The van der Waals surface area contributed by atoms with E-state index in [4.69, 9.17) is 0 Å². The molecule has 0 bridgehead atoms. The third-order valence-corrected chi connectivity index (χ3v) is 3.02. The minimum Gasteiger partial charge on any atom is -0.293 e. The van der Waals surface area contributed by atoms with Crippen LogP contribution in [0.15, 0.2) is 16.8 Å². The van der Waals surface area contributed by atoms with Crippen molar-refractivity contribution in [1.82, 2.24) is 0 Å². The number of hydrogen-bond acceptors (Lipinski definition) is 5. The Morgan fingerprint density at radius 3 is 2.83 bits per heavy atom. The molecule has 0 aliphatic heterocycles. The summed E-state index contributed by atoms with van der Waals surface area (Å²) in [5, 5.41) is 3.16. The monoisotopic (exact) mass is 273 g/mol. The van der Waals surface area contributed by atoms with Crippen LogP contribution in [0.3, 0.4) is 0 Å². The van der Waals surface area contributed by atoms with Gasteiger partial charge < -0.3 is 0 Å². The predicted molar refractivity (Wildman–Crippen MR) is 69.8 cm³/mol. The molecule has 1 aliphatic rings. The Morgan fingerprint density at radius 2 is 2.11 bits per heavy atom. The molecule has 0 atom stereocenters. The number of oxime groups is 1. The van der Waals surface area contributed by atoms with Crippen molar-refractivity contribution in [3.63, 3.8) is 0 Å². The normalized spacial score (nSPS) is 17.9. The molecule has 0 spiro atoms. The van der Waals surface area contributed by atoms with Crippen LogP contribution in [0.25, 0.3) is 0 Å². The highest BCUT2D eigenvalue weighted by Crippen LogP contribution is 2.19. The number of allylic oxidation sites excluding steroid dienone is 2. The maximum atomic E-state index is 11.5. The van der Waals surface area contributed by atoms with Crippen molar-refractivity contribution in [2.75, 3.05) is 6.26 Å². The van der Waals surface area contributed by atoms with Crippen molar-refractivity contribution in [1.29, 1.82) is 0 Å². The number of ketones is 1. The summed E-state index contributed by atoms with van der Waals surface area (Å²) in [6.07, 6.45) is 10.9. The predicted octanol–water partition coefficient (Wildman–Crippen LogP) is 2.19. The van der Waals surface area contributed by atoms with Crippen LogP contribution in [0.5, 0.6) is 0 Å². The average molecular weight is 273 g/mol. The third-order valence-electron chi connectivity index (χ3n) is 2.66. The molecular weight excluding hydrogens is 254 g/mol. The van der Waals surface area contributed by atoms with Gasteiger partial charge in [0.05, 0.1) is 6.26 Å². The van der Waals surface area contributed by atoms with E-state index in [1.807, 2.05) is 0 Å². The fraction of sp³-hybridized carbons (Fsp3) is 0.667. The number of carbonyl (C=O) groups excluding carboxylic acids is 1. The van der Waals surface area contributed by atoms with Gasteiger partial charge in [-0.15, -0.1) is 0 Å². The molecule has 18 heavy (non-hydrogen) atoms. The third kappa shape index (κ3) is 7.21. The van der Waals surface area contributed by atoms with Gasteiger partial charge in [0.15, 0.2) is 5.78 Å². The highest BCUT2D eigenvalue weighted by atomic mass is 32.2. The van der Waals surface area contributed by atoms with Crippen LogP contribution >= 0.6 is 0 Å². The van der Waals surface area contributed by atoms with E-state index in [1.165, 1.54) is 19.3 Å². The first-order valence-electron chi connectivity index (χ1n) is 6.10. The molecule has 0 fully saturated rings. The Hall–Kier alpha value is -1.17. The van der Waals surface area contributed by atoms with Gasteiger partial charge >= 0.3 is 10.1 Å². The first-order chi connectivity index (χ1) is 8.47. The summed E-state index contributed by atoms with van der Waals surface area (Å²) >= 11 is 0. The maximum Gasteiger partial charge on any atom is 0.325 e. The highest BCUT2D eigenvalue weighted by Gasteiger charge is 2.07. The van der Waals surface area contributed by atoms with Gasteiger partial charge in [0.2, 0.25) is 0 Å². The highest BCUT2D eigenvalue weighted by molar-refractivity contribution is 7.85. The quantitative estimate of drug-likeness (QED) is 0.437. The maximum absolute atomic E-state index is 11.5. The molecule has 0 aromatic rings. The lowest BCUT2D eigenvalue weighted by Crippen LogP contribution is -2.04. The zero-order chi connectivity index (χ0) is 13.4. The molecule has 102 valence electrons. The van der Waals surface area contributed by atoms with Crippen molar-refractivity contribution >= 4 is 22.1 Å². The van der Waals surface area contributed by atoms with E-state index in [0.29, 0.717) is 6.42 Å². The molecule has 0 radical (unpaired) electrons. The Balaban J connectivity index is 2.43. The largest absolute Gasteiger partial charge is 0.325 e. The first-order valence-corrected chi connectivity index (χ1v) is 7.92. The Kier molecular flexibility index (Phi) is 6.04. The minimum atomic E-state index is -3.63.